The Morgan fingerprint density at radius 2 is 1.80 bits per heavy atom. The summed E-state index contributed by atoms with van der Waals surface area (Å²) in [5.74, 6) is -3.78. The van der Waals surface area contributed by atoms with Gasteiger partial charge in [-0.3, -0.25) is 0 Å². The number of ether oxygens (including phenoxy) is 1. The largest absolute Gasteiger partial charge is 0.480 e. The normalized spacial score (nSPS) is 22.2. The zero-order valence-corrected chi connectivity index (χ0v) is 16.3. The van der Waals surface area contributed by atoms with Gasteiger partial charge in [-0.05, 0) is 40.2 Å². The van der Waals surface area contributed by atoms with E-state index < -0.39 is 29.2 Å². The van der Waals surface area contributed by atoms with Crippen molar-refractivity contribution in [3.8, 4) is 5.75 Å². The van der Waals surface area contributed by atoms with Crippen molar-refractivity contribution in [1.82, 2.24) is 0 Å². The second-order valence-electron chi connectivity index (χ2n) is 7.30. The van der Waals surface area contributed by atoms with Gasteiger partial charge in [-0.15, -0.1) is 0 Å². The zero-order valence-electron chi connectivity index (χ0n) is 14.0. The third kappa shape index (κ3) is 2.95. The fourth-order valence-corrected chi connectivity index (χ4v) is 3.91. The molecule has 1 unspecified atom stereocenters. The Balaban J connectivity index is 2.31. The summed E-state index contributed by atoms with van der Waals surface area (Å²) < 4.78 is 51.4. The van der Waals surface area contributed by atoms with Crippen LogP contribution in [0.15, 0.2) is 40.9 Å². The van der Waals surface area contributed by atoms with Gasteiger partial charge in [-0.2, -0.15) is 0 Å². The summed E-state index contributed by atoms with van der Waals surface area (Å²) in [7, 11) is 0. The minimum atomic E-state index is -3.17. The van der Waals surface area contributed by atoms with Crippen LogP contribution < -0.4 is 4.74 Å². The molecule has 0 radical (unpaired) electrons. The van der Waals surface area contributed by atoms with E-state index in [1.54, 1.807) is 26.8 Å². The van der Waals surface area contributed by atoms with Crippen LogP contribution in [0.1, 0.15) is 38.3 Å². The van der Waals surface area contributed by atoms with E-state index >= 15 is 8.78 Å². The number of benzene rings is 2. The molecule has 6 heteroatoms. The number of fused-ring (bicyclic) bond motifs is 1. The molecular formula is C19H17BrClF3O. The van der Waals surface area contributed by atoms with E-state index in [-0.39, 0.29) is 21.9 Å². The lowest BCUT2D eigenvalue weighted by Gasteiger charge is -2.50. The van der Waals surface area contributed by atoms with Crippen LogP contribution in [-0.2, 0) is 11.5 Å². The predicted molar refractivity (Wildman–Crippen MR) is 95.8 cm³/mol. The Hall–Kier alpha value is -1.20. The van der Waals surface area contributed by atoms with E-state index in [1.807, 2.05) is 0 Å². The third-order valence-electron chi connectivity index (χ3n) is 4.69. The van der Waals surface area contributed by atoms with E-state index in [1.165, 1.54) is 24.3 Å². The van der Waals surface area contributed by atoms with Gasteiger partial charge in [0, 0.05) is 16.0 Å². The van der Waals surface area contributed by atoms with Gasteiger partial charge in [-0.1, -0.05) is 44.5 Å². The van der Waals surface area contributed by atoms with Gasteiger partial charge in [0.05, 0.1) is 16.5 Å². The minimum Gasteiger partial charge on any atom is -0.480 e. The smallest absolute Gasteiger partial charge is 0.281 e. The molecule has 2 aromatic rings. The van der Waals surface area contributed by atoms with Crippen LogP contribution >= 0.6 is 27.5 Å². The van der Waals surface area contributed by atoms with Gasteiger partial charge in [0.2, 0.25) is 0 Å². The molecule has 0 amide bonds. The second-order valence-corrected chi connectivity index (χ2v) is 8.59. The molecule has 25 heavy (non-hydrogen) atoms. The number of alkyl halides is 2. The van der Waals surface area contributed by atoms with Crippen molar-refractivity contribution in [3.05, 3.63) is 62.8 Å². The standard InChI is InChI=1S/C19H17BrClF3O/c1-17(2,3)18(12-8-7-11(21)9-15(12)22)10-19(23,24)13-5-4-6-14(20)16(13)25-18/h4-9H,10H2,1-3H3. The summed E-state index contributed by atoms with van der Waals surface area (Å²) in [5, 5.41) is 0.203. The molecular weight excluding hydrogens is 417 g/mol. The summed E-state index contributed by atoms with van der Waals surface area (Å²) >= 11 is 9.12. The van der Waals surface area contributed by atoms with Gasteiger partial charge in [0.1, 0.15) is 17.2 Å². The Bertz CT molecular complexity index is 832. The molecule has 0 aromatic heterocycles. The summed E-state index contributed by atoms with van der Waals surface area (Å²) in [4.78, 5) is 0. The average molecular weight is 434 g/mol. The Morgan fingerprint density at radius 1 is 1.12 bits per heavy atom. The van der Waals surface area contributed by atoms with Crippen molar-refractivity contribution in [2.24, 2.45) is 5.41 Å². The number of halogens is 5. The molecule has 0 aliphatic carbocycles. The van der Waals surface area contributed by atoms with Crippen LogP contribution in [-0.4, -0.2) is 0 Å². The van der Waals surface area contributed by atoms with E-state index in [9.17, 15) is 4.39 Å². The average Bonchev–Trinajstić information content (AvgIpc) is 2.46. The van der Waals surface area contributed by atoms with Gasteiger partial charge >= 0.3 is 0 Å². The molecule has 0 spiro atoms. The molecule has 0 fully saturated rings. The quantitative estimate of drug-likeness (QED) is 0.468. The number of rotatable bonds is 1. The topological polar surface area (TPSA) is 9.23 Å². The Labute approximate surface area is 158 Å². The molecule has 1 heterocycles. The number of hydrogen-bond donors (Lipinski definition) is 0. The van der Waals surface area contributed by atoms with Gasteiger partial charge in [0.25, 0.3) is 5.92 Å². The molecule has 0 saturated carbocycles. The first kappa shape index (κ1) is 18.6. The Kier molecular flexibility index (Phi) is 4.40. The van der Waals surface area contributed by atoms with Gasteiger partial charge < -0.3 is 4.74 Å². The zero-order chi connectivity index (χ0) is 18.6. The molecule has 0 saturated heterocycles. The molecule has 1 aliphatic heterocycles. The van der Waals surface area contributed by atoms with Crippen LogP contribution in [0.4, 0.5) is 13.2 Å². The molecule has 0 N–H and O–H groups in total. The van der Waals surface area contributed by atoms with Crippen molar-refractivity contribution >= 4 is 27.5 Å². The number of hydrogen-bond acceptors (Lipinski definition) is 1. The maximum atomic E-state index is 15.0. The van der Waals surface area contributed by atoms with Crippen LogP contribution in [0.5, 0.6) is 5.75 Å². The highest BCUT2D eigenvalue weighted by Crippen LogP contribution is 2.58. The van der Waals surface area contributed by atoms with Gasteiger partial charge in [0.15, 0.2) is 0 Å². The molecule has 1 nitrogen and oxygen atoms in total. The van der Waals surface area contributed by atoms with Crippen LogP contribution in [0.3, 0.4) is 0 Å². The van der Waals surface area contributed by atoms with Gasteiger partial charge in [-0.25, -0.2) is 13.2 Å². The van der Waals surface area contributed by atoms with E-state index in [0.29, 0.717) is 4.47 Å². The van der Waals surface area contributed by atoms with Crippen molar-refractivity contribution in [1.29, 1.82) is 0 Å². The summed E-state index contributed by atoms with van der Waals surface area (Å²) in [5.41, 5.74) is -2.48. The predicted octanol–water partition coefficient (Wildman–Crippen LogP) is 7.06. The lowest BCUT2D eigenvalue weighted by molar-refractivity contribution is -0.154. The molecule has 0 bridgehead atoms. The number of para-hydroxylation sites is 1. The monoisotopic (exact) mass is 432 g/mol. The highest BCUT2D eigenvalue weighted by atomic mass is 79.9. The lowest BCUT2D eigenvalue weighted by Crippen LogP contribution is -2.52. The minimum absolute atomic E-state index is 0.0445. The van der Waals surface area contributed by atoms with E-state index in [4.69, 9.17) is 16.3 Å². The van der Waals surface area contributed by atoms with Crippen molar-refractivity contribution in [2.45, 2.75) is 38.7 Å². The Morgan fingerprint density at radius 3 is 2.40 bits per heavy atom. The molecule has 134 valence electrons. The maximum Gasteiger partial charge on any atom is 0.281 e. The second kappa shape index (κ2) is 5.92. The fourth-order valence-electron chi connectivity index (χ4n) is 3.31. The first-order chi connectivity index (χ1) is 11.5. The SMILES string of the molecule is CC(C)(C)C1(c2ccc(Cl)cc2F)CC(F)(F)c2cccc(Br)c2O1. The molecule has 1 atom stereocenters. The first-order valence-electron chi connectivity index (χ1n) is 7.79. The van der Waals surface area contributed by atoms with Crippen LogP contribution in [0, 0.1) is 11.2 Å². The molecule has 1 aliphatic rings. The van der Waals surface area contributed by atoms with Crippen molar-refractivity contribution in [3.63, 3.8) is 0 Å². The van der Waals surface area contributed by atoms with Crippen molar-refractivity contribution in [2.75, 3.05) is 0 Å². The van der Waals surface area contributed by atoms with Crippen molar-refractivity contribution < 1.29 is 17.9 Å². The first-order valence-corrected chi connectivity index (χ1v) is 8.96. The maximum absolute atomic E-state index is 15.0. The van der Waals surface area contributed by atoms with E-state index in [2.05, 4.69) is 15.9 Å². The van der Waals surface area contributed by atoms with Crippen LogP contribution in [0.25, 0.3) is 0 Å². The fraction of sp³-hybridized carbons (Fsp3) is 0.368. The summed E-state index contributed by atoms with van der Waals surface area (Å²) in [6.45, 7) is 5.29. The highest BCUT2D eigenvalue weighted by molar-refractivity contribution is 9.10. The molecule has 3 rings (SSSR count). The summed E-state index contributed by atoms with van der Waals surface area (Å²) in [6, 6.07) is 8.55. The van der Waals surface area contributed by atoms with E-state index in [0.717, 1.165) is 6.07 Å². The van der Waals surface area contributed by atoms with Crippen LogP contribution in [0.2, 0.25) is 5.02 Å². The highest BCUT2D eigenvalue weighted by Gasteiger charge is 2.58. The lowest BCUT2D eigenvalue weighted by atomic mass is 9.67. The third-order valence-corrected chi connectivity index (χ3v) is 5.55. The summed E-state index contributed by atoms with van der Waals surface area (Å²) in [6.07, 6.45) is -0.661. The molecule has 2 aromatic carbocycles.